The Hall–Kier alpha value is -6.90. The fourth-order valence-electron chi connectivity index (χ4n) is 8.03. The Balaban J connectivity index is 1.41. The molecule has 0 bridgehead atoms. The Bertz CT molecular complexity index is 2970. The minimum atomic E-state index is 0.505. The van der Waals surface area contributed by atoms with Gasteiger partial charge in [0.2, 0.25) is 0 Å². The molecule has 3 heterocycles. The molecule has 10 aromatic rings. The quantitative estimate of drug-likeness (QED) is 0.194. The van der Waals surface area contributed by atoms with E-state index in [4.69, 9.17) is 5.41 Å². The van der Waals surface area contributed by atoms with Crippen LogP contribution in [-0.2, 0) is 0 Å². The third-order valence-corrected chi connectivity index (χ3v) is 9.93. The predicted molar refractivity (Wildman–Crippen MR) is 202 cm³/mol. The van der Waals surface area contributed by atoms with E-state index in [0.29, 0.717) is 11.1 Å². The Labute approximate surface area is 281 Å². The van der Waals surface area contributed by atoms with Crippen LogP contribution in [0.25, 0.3) is 82.5 Å². The van der Waals surface area contributed by atoms with Crippen molar-refractivity contribution in [2.24, 2.45) is 0 Å². The molecule has 10 rings (SSSR count). The summed E-state index contributed by atoms with van der Waals surface area (Å²) in [5, 5.41) is 25.9. The van der Waals surface area contributed by atoms with E-state index in [-0.39, 0.29) is 0 Å². The maximum atomic E-state index is 10.3. The number of nitrogens with one attached hydrogen (secondary N) is 1. The Kier molecular flexibility index (Phi) is 5.73. The zero-order chi connectivity index (χ0) is 32.6. The third kappa shape index (κ3) is 3.71. The summed E-state index contributed by atoms with van der Waals surface area (Å²) >= 11 is 0. The van der Waals surface area contributed by atoms with Gasteiger partial charge < -0.3 is 19.1 Å². The Morgan fingerprint density at radius 3 is 1.49 bits per heavy atom. The molecule has 0 atom stereocenters. The van der Waals surface area contributed by atoms with Crippen molar-refractivity contribution in [3.05, 3.63) is 163 Å². The Morgan fingerprint density at radius 1 is 0.469 bits per heavy atom. The van der Waals surface area contributed by atoms with Gasteiger partial charge in [-0.25, -0.2) is 0 Å². The molecule has 3 aromatic heterocycles. The maximum absolute atomic E-state index is 10.3. The first-order valence-electron chi connectivity index (χ1n) is 16.3. The zero-order valence-corrected chi connectivity index (χ0v) is 26.3. The van der Waals surface area contributed by atoms with Crippen LogP contribution in [0.5, 0.6) is 0 Å². The lowest BCUT2D eigenvalue weighted by molar-refractivity contribution is 1.09. The lowest BCUT2D eigenvalue weighted by Crippen LogP contribution is -2.08. The van der Waals surface area contributed by atoms with Crippen LogP contribution in [-0.4, -0.2) is 19.9 Å². The number of fused-ring (bicyclic) bond motifs is 10. The van der Waals surface area contributed by atoms with Crippen LogP contribution in [0, 0.1) is 16.7 Å². The Morgan fingerprint density at radius 2 is 0.939 bits per heavy atom. The van der Waals surface area contributed by atoms with E-state index in [1.165, 1.54) is 17.0 Å². The van der Waals surface area contributed by atoms with E-state index in [0.717, 1.165) is 71.7 Å². The van der Waals surface area contributed by atoms with Crippen LogP contribution in [0.3, 0.4) is 0 Å². The van der Waals surface area contributed by atoms with Gasteiger partial charge in [0.05, 0.1) is 56.1 Å². The lowest BCUT2D eigenvalue weighted by atomic mass is 10.1. The highest BCUT2D eigenvalue weighted by molar-refractivity contribution is 6.29. The lowest BCUT2D eigenvalue weighted by Gasteiger charge is -2.19. The van der Waals surface area contributed by atoms with Crippen LogP contribution in [0.1, 0.15) is 11.1 Å². The number of para-hydroxylation sites is 5. The minimum absolute atomic E-state index is 0.505. The summed E-state index contributed by atoms with van der Waals surface area (Å²) < 4.78 is 6.91. The van der Waals surface area contributed by atoms with Gasteiger partial charge in [-0.15, -0.1) is 0 Å². The summed E-state index contributed by atoms with van der Waals surface area (Å²) in [6, 6.07) is 55.2. The molecular formula is C44H27N5. The molecule has 0 amide bonds. The second kappa shape index (κ2) is 10.3. The molecule has 0 saturated heterocycles. The molecule has 49 heavy (non-hydrogen) atoms. The number of rotatable bonds is 4. The van der Waals surface area contributed by atoms with Crippen molar-refractivity contribution in [3.63, 3.8) is 0 Å². The summed E-state index contributed by atoms with van der Waals surface area (Å²) in [4.78, 5) is 0. The van der Waals surface area contributed by atoms with Crippen LogP contribution in [0.15, 0.2) is 152 Å². The molecule has 0 radical (unpaired) electrons. The standard InChI is InChI=1S/C44H27N5/c45-26-28-24-29(27-46)44(49-35-18-8-4-14-31(35)32-15-5-9-19-36(32)49)41(25-28)48-38-21-11-7-17-34(38)43-40(48)23-22-39-42(43)33-16-6-10-20-37(33)47(39)30-12-2-1-3-13-30/h1-25,27,46H. The maximum Gasteiger partial charge on any atom is 0.0992 e. The molecule has 0 aliphatic heterocycles. The average molecular weight is 626 g/mol. The molecule has 5 nitrogen and oxygen atoms in total. The van der Waals surface area contributed by atoms with Crippen LogP contribution >= 0.6 is 0 Å². The van der Waals surface area contributed by atoms with Gasteiger partial charge in [0.25, 0.3) is 0 Å². The van der Waals surface area contributed by atoms with Gasteiger partial charge in [0.1, 0.15) is 0 Å². The molecule has 5 heteroatoms. The van der Waals surface area contributed by atoms with Gasteiger partial charge in [-0.2, -0.15) is 5.26 Å². The number of hydrogen-bond donors (Lipinski definition) is 1. The molecule has 0 aliphatic rings. The second-order valence-electron chi connectivity index (χ2n) is 12.5. The van der Waals surface area contributed by atoms with Crippen molar-refractivity contribution in [2.75, 3.05) is 0 Å². The predicted octanol–water partition coefficient (Wildman–Crippen LogP) is 10.8. The largest absolute Gasteiger partial charge is 0.309 e. The van der Waals surface area contributed by atoms with Gasteiger partial charge in [0.15, 0.2) is 0 Å². The summed E-state index contributed by atoms with van der Waals surface area (Å²) in [5.74, 6) is 0. The first kappa shape index (κ1) is 27.2. The molecule has 7 aromatic carbocycles. The SMILES string of the molecule is N#Cc1cc(C=N)c(-n2c3ccccc3c3ccccc32)c(-n2c3ccccc3c3c4c5ccccc5n(-c5ccccc5)c4ccc32)c1. The summed E-state index contributed by atoms with van der Waals surface area (Å²) in [5.41, 5.74) is 10.5. The fraction of sp³-hybridized carbons (Fsp3) is 0. The monoisotopic (exact) mass is 625 g/mol. The number of aromatic nitrogens is 3. The van der Waals surface area contributed by atoms with Crippen LogP contribution < -0.4 is 0 Å². The van der Waals surface area contributed by atoms with Crippen molar-refractivity contribution in [3.8, 4) is 23.1 Å². The number of nitriles is 1. The molecule has 0 aliphatic carbocycles. The van der Waals surface area contributed by atoms with Gasteiger partial charge in [-0.3, -0.25) is 0 Å². The number of nitrogens with zero attached hydrogens (tertiary/aromatic N) is 4. The second-order valence-corrected chi connectivity index (χ2v) is 12.5. The molecule has 228 valence electrons. The van der Waals surface area contributed by atoms with E-state index in [2.05, 4.69) is 159 Å². The van der Waals surface area contributed by atoms with Gasteiger partial charge in [-0.1, -0.05) is 91.0 Å². The highest BCUT2D eigenvalue weighted by Crippen LogP contribution is 2.44. The van der Waals surface area contributed by atoms with E-state index in [1.54, 1.807) is 0 Å². The first-order chi connectivity index (χ1) is 24.3. The van der Waals surface area contributed by atoms with Gasteiger partial charge in [0, 0.05) is 49.8 Å². The molecule has 0 saturated carbocycles. The molecule has 1 N–H and O–H groups in total. The van der Waals surface area contributed by atoms with Crippen LogP contribution in [0.2, 0.25) is 0 Å². The third-order valence-electron chi connectivity index (χ3n) is 9.93. The summed E-state index contributed by atoms with van der Waals surface area (Å²) in [7, 11) is 0. The minimum Gasteiger partial charge on any atom is -0.309 e. The van der Waals surface area contributed by atoms with Crippen molar-refractivity contribution < 1.29 is 0 Å². The molecular weight excluding hydrogens is 599 g/mol. The summed E-state index contributed by atoms with van der Waals surface area (Å²) in [6.07, 6.45) is 1.38. The van der Waals surface area contributed by atoms with Crippen molar-refractivity contribution in [1.82, 2.24) is 13.7 Å². The van der Waals surface area contributed by atoms with Crippen molar-refractivity contribution in [2.45, 2.75) is 0 Å². The summed E-state index contributed by atoms with van der Waals surface area (Å²) in [6.45, 7) is 0. The molecule has 0 spiro atoms. The molecule has 0 unspecified atom stereocenters. The highest BCUT2D eigenvalue weighted by atomic mass is 15.1. The normalized spacial score (nSPS) is 11.7. The van der Waals surface area contributed by atoms with E-state index < -0.39 is 0 Å². The van der Waals surface area contributed by atoms with E-state index in [1.807, 2.05) is 12.1 Å². The number of benzene rings is 7. The van der Waals surface area contributed by atoms with Crippen molar-refractivity contribution >= 4 is 71.6 Å². The van der Waals surface area contributed by atoms with Crippen LogP contribution in [0.4, 0.5) is 0 Å². The van der Waals surface area contributed by atoms with Gasteiger partial charge in [-0.05, 0) is 60.7 Å². The zero-order valence-electron chi connectivity index (χ0n) is 26.3. The van der Waals surface area contributed by atoms with Crippen molar-refractivity contribution in [1.29, 1.82) is 10.7 Å². The number of hydrogen-bond acceptors (Lipinski definition) is 2. The topological polar surface area (TPSA) is 62.4 Å². The molecule has 0 fully saturated rings. The smallest absolute Gasteiger partial charge is 0.0992 e. The average Bonchev–Trinajstić information content (AvgIpc) is 3.80. The first-order valence-corrected chi connectivity index (χ1v) is 16.3. The fourth-order valence-corrected chi connectivity index (χ4v) is 8.03. The van der Waals surface area contributed by atoms with E-state index in [9.17, 15) is 5.26 Å². The highest BCUT2D eigenvalue weighted by Gasteiger charge is 2.24. The van der Waals surface area contributed by atoms with E-state index >= 15 is 0 Å². The van der Waals surface area contributed by atoms with Gasteiger partial charge >= 0.3 is 0 Å².